The van der Waals surface area contributed by atoms with E-state index in [2.05, 4.69) is 12.2 Å². The van der Waals surface area contributed by atoms with Crippen LogP contribution in [0.4, 0.5) is 4.39 Å². The molecule has 1 aliphatic heterocycles. The van der Waals surface area contributed by atoms with Crippen molar-refractivity contribution in [3.8, 4) is 5.75 Å². The van der Waals surface area contributed by atoms with Crippen LogP contribution in [0.15, 0.2) is 18.2 Å². The van der Waals surface area contributed by atoms with Crippen LogP contribution in [0.5, 0.6) is 5.75 Å². The Morgan fingerprint density at radius 1 is 1.41 bits per heavy atom. The zero-order valence-electron chi connectivity index (χ0n) is 10.5. The van der Waals surface area contributed by atoms with Crippen molar-refractivity contribution < 1.29 is 9.13 Å². The fourth-order valence-electron chi connectivity index (χ4n) is 2.60. The Balaban J connectivity index is 2.00. The topological polar surface area (TPSA) is 21.3 Å². The number of hydrogen-bond donors (Lipinski definition) is 1. The Morgan fingerprint density at radius 2 is 2.24 bits per heavy atom. The molecule has 1 fully saturated rings. The average molecular weight is 237 g/mol. The van der Waals surface area contributed by atoms with Crippen molar-refractivity contribution in [3.63, 3.8) is 0 Å². The quantitative estimate of drug-likeness (QED) is 0.872. The van der Waals surface area contributed by atoms with Crippen LogP contribution in [-0.2, 0) is 6.42 Å². The van der Waals surface area contributed by atoms with Gasteiger partial charge in [0.1, 0.15) is 0 Å². The van der Waals surface area contributed by atoms with Gasteiger partial charge in [0.05, 0.1) is 7.11 Å². The van der Waals surface area contributed by atoms with Crippen molar-refractivity contribution in [1.82, 2.24) is 5.32 Å². The second-order valence-corrected chi connectivity index (χ2v) is 5.04. The Hall–Kier alpha value is -1.09. The molecule has 2 nitrogen and oxygen atoms in total. The van der Waals surface area contributed by atoms with Crippen LogP contribution in [-0.4, -0.2) is 20.2 Å². The lowest BCUT2D eigenvalue weighted by molar-refractivity contribution is 0.301. The summed E-state index contributed by atoms with van der Waals surface area (Å²) in [5, 5.41) is 3.42. The largest absolute Gasteiger partial charge is 0.494 e. The minimum absolute atomic E-state index is 0.262. The van der Waals surface area contributed by atoms with Crippen LogP contribution in [0.1, 0.15) is 18.9 Å². The van der Waals surface area contributed by atoms with Crippen molar-refractivity contribution in [2.45, 2.75) is 19.8 Å². The van der Waals surface area contributed by atoms with E-state index in [0.29, 0.717) is 11.7 Å². The van der Waals surface area contributed by atoms with Gasteiger partial charge in [0, 0.05) is 0 Å². The third-order valence-electron chi connectivity index (χ3n) is 3.40. The van der Waals surface area contributed by atoms with E-state index < -0.39 is 0 Å². The Labute approximate surface area is 102 Å². The van der Waals surface area contributed by atoms with E-state index in [0.717, 1.165) is 31.0 Å². The molecular formula is C14H20FNO. The van der Waals surface area contributed by atoms with E-state index in [1.807, 2.05) is 6.07 Å². The van der Waals surface area contributed by atoms with Crippen molar-refractivity contribution in [2.75, 3.05) is 20.2 Å². The molecule has 0 bridgehead atoms. The highest BCUT2D eigenvalue weighted by molar-refractivity contribution is 5.29. The Kier molecular flexibility index (Phi) is 4.00. The van der Waals surface area contributed by atoms with Crippen LogP contribution in [0, 0.1) is 17.7 Å². The molecule has 3 heteroatoms. The first-order valence-corrected chi connectivity index (χ1v) is 6.22. The number of rotatable bonds is 3. The summed E-state index contributed by atoms with van der Waals surface area (Å²) in [7, 11) is 1.49. The van der Waals surface area contributed by atoms with E-state index in [9.17, 15) is 4.39 Å². The molecule has 0 amide bonds. The molecule has 2 rings (SSSR count). The van der Waals surface area contributed by atoms with Gasteiger partial charge in [-0.2, -0.15) is 0 Å². The monoisotopic (exact) mass is 237 g/mol. The summed E-state index contributed by atoms with van der Waals surface area (Å²) in [6.45, 7) is 4.40. The number of piperidine rings is 1. The van der Waals surface area contributed by atoms with Crippen LogP contribution < -0.4 is 10.1 Å². The molecule has 1 heterocycles. The summed E-state index contributed by atoms with van der Waals surface area (Å²) in [6.07, 6.45) is 2.17. The summed E-state index contributed by atoms with van der Waals surface area (Å²) in [5.74, 6) is 1.40. The van der Waals surface area contributed by atoms with E-state index in [1.165, 1.54) is 13.5 Å². The molecule has 0 saturated carbocycles. The maximum absolute atomic E-state index is 13.5. The molecule has 1 saturated heterocycles. The summed E-state index contributed by atoms with van der Waals surface area (Å²) in [5.41, 5.74) is 1.06. The normalized spacial score (nSPS) is 24.6. The molecule has 1 aromatic rings. The molecule has 0 radical (unpaired) electrons. The van der Waals surface area contributed by atoms with Gasteiger partial charge in [0.15, 0.2) is 11.6 Å². The van der Waals surface area contributed by atoms with Gasteiger partial charge >= 0.3 is 0 Å². The lowest BCUT2D eigenvalue weighted by Gasteiger charge is -2.27. The molecule has 94 valence electrons. The molecule has 0 aliphatic carbocycles. The summed E-state index contributed by atoms with van der Waals surface area (Å²) in [6, 6.07) is 5.27. The summed E-state index contributed by atoms with van der Waals surface area (Å²) in [4.78, 5) is 0. The van der Waals surface area contributed by atoms with Gasteiger partial charge in [0.25, 0.3) is 0 Å². The molecule has 2 unspecified atom stereocenters. The highest BCUT2D eigenvalue weighted by Crippen LogP contribution is 2.23. The SMILES string of the molecule is COc1ccc(CC2CNCC(C)C2)cc1F. The molecule has 0 aromatic heterocycles. The number of nitrogens with one attached hydrogen (secondary N) is 1. The third kappa shape index (κ3) is 3.19. The predicted molar refractivity (Wildman–Crippen MR) is 66.8 cm³/mol. The van der Waals surface area contributed by atoms with Gasteiger partial charge in [-0.05, 0) is 55.5 Å². The van der Waals surface area contributed by atoms with E-state index in [1.54, 1.807) is 12.1 Å². The Bertz CT molecular complexity index is 380. The van der Waals surface area contributed by atoms with Crippen molar-refractivity contribution >= 4 is 0 Å². The second-order valence-electron chi connectivity index (χ2n) is 5.04. The summed E-state index contributed by atoms with van der Waals surface area (Å²) >= 11 is 0. The van der Waals surface area contributed by atoms with Crippen LogP contribution >= 0.6 is 0 Å². The first kappa shape index (κ1) is 12.4. The number of hydrogen-bond acceptors (Lipinski definition) is 2. The Morgan fingerprint density at radius 3 is 2.88 bits per heavy atom. The van der Waals surface area contributed by atoms with Gasteiger partial charge in [0.2, 0.25) is 0 Å². The summed E-state index contributed by atoms with van der Waals surface area (Å²) < 4.78 is 18.5. The molecular weight excluding hydrogens is 217 g/mol. The van der Waals surface area contributed by atoms with E-state index in [4.69, 9.17) is 4.74 Å². The molecule has 1 N–H and O–H groups in total. The van der Waals surface area contributed by atoms with Gasteiger partial charge in [-0.1, -0.05) is 13.0 Å². The smallest absolute Gasteiger partial charge is 0.165 e. The molecule has 17 heavy (non-hydrogen) atoms. The van der Waals surface area contributed by atoms with Gasteiger partial charge < -0.3 is 10.1 Å². The third-order valence-corrected chi connectivity index (χ3v) is 3.40. The predicted octanol–water partition coefficient (Wildman–Crippen LogP) is 2.62. The fraction of sp³-hybridized carbons (Fsp3) is 0.571. The maximum Gasteiger partial charge on any atom is 0.165 e. The van der Waals surface area contributed by atoms with E-state index in [-0.39, 0.29) is 5.82 Å². The zero-order chi connectivity index (χ0) is 12.3. The molecule has 1 aliphatic rings. The average Bonchev–Trinajstić information content (AvgIpc) is 2.29. The van der Waals surface area contributed by atoms with Gasteiger partial charge in [-0.25, -0.2) is 4.39 Å². The minimum Gasteiger partial charge on any atom is -0.494 e. The van der Waals surface area contributed by atoms with E-state index >= 15 is 0 Å². The number of ether oxygens (including phenoxy) is 1. The van der Waals surface area contributed by atoms with Crippen LogP contribution in [0.25, 0.3) is 0 Å². The first-order valence-electron chi connectivity index (χ1n) is 6.22. The number of benzene rings is 1. The van der Waals surface area contributed by atoms with Crippen molar-refractivity contribution in [2.24, 2.45) is 11.8 Å². The number of halogens is 1. The van der Waals surface area contributed by atoms with Crippen LogP contribution in [0.3, 0.4) is 0 Å². The molecule has 1 aromatic carbocycles. The van der Waals surface area contributed by atoms with Gasteiger partial charge in [-0.15, -0.1) is 0 Å². The lowest BCUT2D eigenvalue weighted by atomic mass is 9.87. The van der Waals surface area contributed by atoms with Crippen molar-refractivity contribution in [3.05, 3.63) is 29.6 Å². The number of methoxy groups -OCH3 is 1. The highest BCUT2D eigenvalue weighted by Gasteiger charge is 2.19. The highest BCUT2D eigenvalue weighted by atomic mass is 19.1. The fourth-order valence-corrected chi connectivity index (χ4v) is 2.60. The van der Waals surface area contributed by atoms with Crippen molar-refractivity contribution in [1.29, 1.82) is 0 Å². The molecule has 2 atom stereocenters. The molecule has 0 spiro atoms. The minimum atomic E-state index is -0.262. The zero-order valence-corrected chi connectivity index (χ0v) is 10.5. The van der Waals surface area contributed by atoms with Crippen LogP contribution in [0.2, 0.25) is 0 Å². The maximum atomic E-state index is 13.5. The lowest BCUT2D eigenvalue weighted by Crippen LogP contribution is -2.35. The standard InChI is InChI=1S/C14H20FNO/c1-10-5-12(9-16-8-10)6-11-3-4-14(17-2)13(15)7-11/h3-4,7,10,12,16H,5-6,8-9H2,1-2H3. The second kappa shape index (κ2) is 5.50. The van der Waals surface area contributed by atoms with Gasteiger partial charge in [-0.3, -0.25) is 0 Å². The first-order chi connectivity index (χ1) is 8.19.